The van der Waals surface area contributed by atoms with Crippen molar-refractivity contribution in [2.24, 2.45) is 5.73 Å². The maximum atomic E-state index is 12.3. The number of nitrogens with zero attached hydrogens (tertiary/aromatic N) is 1. The van der Waals surface area contributed by atoms with Crippen LogP contribution in [-0.2, 0) is 14.8 Å². The van der Waals surface area contributed by atoms with E-state index in [1.165, 1.54) is 6.07 Å². The largest absolute Gasteiger partial charge is 0.389 e. The van der Waals surface area contributed by atoms with E-state index in [0.29, 0.717) is 13.1 Å². The molecule has 1 amide bonds. The molecule has 21 heavy (non-hydrogen) atoms. The number of carbonyl (C=O) groups excluding carboxylic acids is 1. The van der Waals surface area contributed by atoms with Crippen LogP contribution in [0.15, 0.2) is 29.2 Å². The lowest BCUT2D eigenvalue weighted by Crippen LogP contribution is -2.39. The van der Waals surface area contributed by atoms with Crippen LogP contribution >= 0.6 is 12.2 Å². The molecular formula is C13H17N3O3S2. The fourth-order valence-electron chi connectivity index (χ4n) is 2.22. The zero-order chi connectivity index (χ0) is 15.5. The van der Waals surface area contributed by atoms with Crippen molar-refractivity contribution in [2.75, 3.05) is 19.6 Å². The minimum atomic E-state index is -3.83. The second kappa shape index (κ2) is 6.50. The molecule has 1 aromatic rings. The molecule has 0 radical (unpaired) electrons. The van der Waals surface area contributed by atoms with Crippen LogP contribution in [0.3, 0.4) is 0 Å². The van der Waals surface area contributed by atoms with Crippen LogP contribution in [0.5, 0.6) is 0 Å². The first-order valence-electron chi connectivity index (χ1n) is 6.58. The molecule has 0 saturated carbocycles. The van der Waals surface area contributed by atoms with Crippen molar-refractivity contribution in [3.63, 3.8) is 0 Å². The average molecular weight is 327 g/mol. The summed E-state index contributed by atoms with van der Waals surface area (Å²) in [4.78, 5) is 13.5. The molecule has 1 saturated heterocycles. The summed E-state index contributed by atoms with van der Waals surface area (Å²) in [7, 11) is -3.83. The second-order valence-electron chi connectivity index (χ2n) is 4.77. The second-order valence-corrected chi connectivity index (χ2v) is 6.95. The first-order chi connectivity index (χ1) is 9.92. The summed E-state index contributed by atoms with van der Waals surface area (Å²) >= 11 is 4.85. The van der Waals surface area contributed by atoms with Gasteiger partial charge in [-0.15, -0.1) is 0 Å². The van der Waals surface area contributed by atoms with Crippen LogP contribution in [0.25, 0.3) is 0 Å². The Labute approximate surface area is 129 Å². The number of hydrogen-bond acceptors (Lipinski definition) is 4. The molecule has 1 fully saturated rings. The van der Waals surface area contributed by atoms with Gasteiger partial charge in [0, 0.05) is 18.7 Å². The molecule has 0 unspecified atom stereocenters. The Balaban J connectivity index is 2.12. The molecule has 1 heterocycles. The SMILES string of the molecule is NC(=S)c1ccccc1S(=O)(=O)NCC(=O)N1CCCC1. The van der Waals surface area contributed by atoms with Gasteiger partial charge in [-0.25, -0.2) is 13.1 Å². The Bertz CT molecular complexity index is 652. The van der Waals surface area contributed by atoms with Crippen molar-refractivity contribution < 1.29 is 13.2 Å². The number of benzene rings is 1. The normalized spacial score (nSPS) is 15.1. The highest BCUT2D eigenvalue weighted by atomic mass is 32.2. The molecule has 0 atom stereocenters. The van der Waals surface area contributed by atoms with Gasteiger partial charge in [-0.3, -0.25) is 4.79 Å². The predicted molar refractivity (Wildman–Crippen MR) is 83.3 cm³/mol. The van der Waals surface area contributed by atoms with Crippen LogP contribution in [0.4, 0.5) is 0 Å². The van der Waals surface area contributed by atoms with E-state index in [2.05, 4.69) is 4.72 Å². The minimum Gasteiger partial charge on any atom is -0.389 e. The van der Waals surface area contributed by atoms with E-state index in [9.17, 15) is 13.2 Å². The van der Waals surface area contributed by atoms with Crippen LogP contribution in [0.1, 0.15) is 18.4 Å². The summed E-state index contributed by atoms with van der Waals surface area (Å²) in [6.07, 6.45) is 1.92. The lowest BCUT2D eigenvalue weighted by atomic mass is 10.2. The van der Waals surface area contributed by atoms with Gasteiger partial charge >= 0.3 is 0 Å². The highest BCUT2D eigenvalue weighted by Crippen LogP contribution is 2.15. The smallest absolute Gasteiger partial charge is 0.241 e. The van der Waals surface area contributed by atoms with Gasteiger partial charge in [0.1, 0.15) is 4.99 Å². The van der Waals surface area contributed by atoms with E-state index in [1.54, 1.807) is 23.1 Å². The molecule has 1 aliphatic heterocycles. The van der Waals surface area contributed by atoms with E-state index in [-0.39, 0.29) is 27.9 Å². The fraction of sp³-hybridized carbons (Fsp3) is 0.385. The molecule has 0 spiro atoms. The Kier molecular flexibility index (Phi) is 4.92. The highest BCUT2D eigenvalue weighted by Gasteiger charge is 2.23. The highest BCUT2D eigenvalue weighted by molar-refractivity contribution is 7.89. The fourth-order valence-corrected chi connectivity index (χ4v) is 3.65. The maximum absolute atomic E-state index is 12.3. The van der Waals surface area contributed by atoms with Crippen LogP contribution < -0.4 is 10.5 Å². The lowest BCUT2D eigenvalue weighted by Gasteiger charge is -2.16. The molecule has 0 aliphatic carbocycles. The molecule has 6 nitrogen and oxygen atoms in total. The van der Waals surface area contributed by atoms with E-state index in [0.717, 1.165) is 12.8 Å². The van der Waals surface area contributed by atoms with Gasteiger partial charge in [0.25, 0.3) is 0 Å². The third-order valence-electron chi connectivity index (χ3n) is 3.31. The third-order valence-corrected chi connectivity index (χ3v) is 4.99. The Hall–Kier alpha value is -1.51. The van der Waals surface area contributed by atoms with E-state index < -0.39 is 10.0 Å². The first kappa shape index (κ1) is 15.9. The molecule has 1 aromatic carbocycles. The third kappa shape index (κ3) is 3.78. The van der Waals surface area contributed by atoms with Gasteiger partial charge < -0.3 is 10.6 Å². The number of carbonyl (C=O) groups is 1. The summed E-state index contributed by atoms with van der Waals surface area (Å²) in [6.45, 7) is 1.11. The van der Waals surface area contributed by atoms with Gasteiger partial charge in [0.15, 0.2) is 0 Å². The first-order valence-corrected chi connectivity index (χ1v) is 8.47. The monoisotopic (exact) mass is 327 g/mol. The van der Waals surface area contributed by atoms with Gasteiger partial charge in [0.2, 0.25) is 15.9 Å². The van der Waals surface area contributed by atoms with E-state index >= 15 is 0 Å². The molecule has 0 aromatic heterocycles. The van der Waals surface area contributed by atoms with E-state index in [1.807, 2.05) is 0 Å². The van der Waals surface area contributed by atoms with Gasteiger partial charge in [-0.1, -0.05) is 30.4 Å². The topological polar surface area (TPSA) is 92.5 Å². The number of sulfonamides is 1. The Morgan fingerprint density at radius 1 is 1.29 bits per heavy atom. The number of thiocarbonyl (C=S) groups is 1. The van der Waals surface area contributed by atoms with Crippen LogP contribution in [-0.4, -0.2) is 43.8 Å². The summed E-state index contributed by atoms with van der Waals surface area (Å²) in [5.41, 5.74) is 5.80. The summed E-state index contributed by atoms with van der Waals surface area (Å²) < 4.78 is 26.9. The summed E-state index contributed by atoms with van der Waals surface area (Å²) in [6, 6.07) is 6.19. The number of hydrogen-bond donors (Lipinski definition) is 2. The Morgan fingerprint density at radius 3 is 2.52 bits per heavy atom. The quantitative estimate of drug-likeness (QED) is 0.755. The standard InChI is InChI=1S/C13H17N3O3S2/c14-13(20)10-5-1-2-6-11(10)21(18,19)15-9-12(17)16-7-3-4-8-16/h1-2,5-6,15H,3-4,7-9H2,(H2,14,20). The van der Waals surface area contributed by atoms with Crippen molar-refractivity contribution in [3.8, 4) is 0 Å². The number of rotatable bonds is 5. The zero-order valence-electron chi connectivity index (χ0n) is 11.4. The van der Waals surface area contributed by atoms with Gasteiger partial charge in [-0.05, 0) is 18.9 Å². The molecule has 2 rings (SSSR count). The number of amides is 1. The summed E-state index contributed by atoms with van der Waals surface area (Å²) in [5, 5.41) is 0. The lowest BCUT2D eigenvalue weighted by molar-refractivity contribution is -0.128. The van der Waals surface area contributed by atoms with Crippen molar-refractivity contribution in [3.05, 3.63) is 29.8 Å². The average Bonchev–Trinajstić information content (AvgIpc) is 2.99. The molecule has 1 aliphatic rings. The van der Waals surface area contributed by atoms with Crippen molar-refractivity contribution in [1.82, 2.24) is 9.62 Å². The van der Waals surface area contributed by atoms with Gasteiger partial charge in [-0.2, -0.15) is 0 Å². The molecule has 0 bridgehead atoms. The minimum absolute atomic E-state index is 0.00171. The number of nitrogens with one attached hydrogen (secondary N) is 1. The van der Waals surface area contributed by atoms with Crippen LogP contribution in [0.2, 0.25) is 0 Å². The molecule has 3 N–H and O–H groups in total. The Morgan fingerprint density at radius 2 is 1.90 bits per heavy atom. The van der Waals surface area contributed by atoms with Crippen molar-refractivity contribution in [2.45, 2.75) is 17.7 Å². The van der Waals surface area contributed by atoms with Crippen molar-refractivity contribution in [1.29, 1.82) is 0 Å². The molecule has 8 heteroatoms. The van der Waals surface area contributed by atoms with E-state index in [4.69, 9.17) is 18.0 Å². The maximum Gasteiger partial charge on any atom is 0.241 e. The summed E-state index contributed by atoms with van der Waals surface area (Å²) in [5.74, 6) is -0.219. The van der Waals surface area contributed by atoms with Crippen molar-refractivity contribution >= 4 is 33.1 Å². The molecular weight excluding hydrogens is 310 g/mol. The predicted octanol–water partition coefficient (Wildman–Crippen LogP) is 0.221. The zero-order valence-corrected chi connectivity index (χ0v) is 13.0. The van der Waals surface area contributed by atoms with Crippen LogP contribution in [0, 0.1) is 0 Å². The molecule has 114 valence electrons. The number of likely N-dealkylation sites (tertiary alicyclic amines) is 1. The van der Waals surface area contributed by atoms with Gasteiger partial charge in [0.05, 0.1) is 11.4 Å². The number of nitrogens with two attached hydrogens (primary N) is 1.